The lowest BCUT2D eigenvalue weighted by atomic mass is 10.0. The molecule has 1 aliphatic rings. The Kier molecular flexibility index (Phi) is 5.68. The third kappa shape index (κ3) is 4.00. The first-order chi connectivity index (χ1) is 11.8. The van der Waals surface area contributed by atoms with Crippen LogP contribution in [0, 0.1) is 0 Å². The van der Waals surface area contributed by atoms with Crippen LogP contribution in [0.1, 0.15) is 23.3 Å². The summed E-state index contributed by atoms with van der Waals surface area (Å²) in [5.41, 5.74) is 1.30. The second-order valence-electron chi connectivity index (χ2n) is 6.43. The van der Waals surface area contributed by atoms with E-state index in [9.17, 15) is 0 Å². The van der Waals surface area contributed by atoms with Gasteiger partial charge < -0.3 is 9.84 Å². The van der Waals surface area contributed by atoms with Gasteiger partial charge in [-0.1, -0.05) is 47.6 Å². The van der Waals surface area contributed by atoms with Crippen molar-refractivity contribution in [3.05, 3.63) is 59.7 Å². The number of aromatic nitrogens is 2. The Labute approximate surface area is 153 Å². The second kappa shape index (κ2) is 7.95. The van der Waals surface area contributed by atoms with Gasteiger partial charge in [-0.25, -0.2) is 0 Å². The summed E-state index contributed by atoms with van der Waals surface area (Å²) in [5.74, 6) is 1.51. The smallest absolute Gasteiger partial charge is 0.227 e. The number of hydrogen-bond donors (Lipinski definition) is 1. The quantitative estimate of drug-likeness (QED) is 0.777. The van der Waals surface area contributed by atoms with Crippen LogP contribution in [0.3, 0.4) is 0 Å². The minimum atomic E-state index is 0. The number of nitrogens with zero attached hydrogens (tertiary/aromatic N) is 3. The van der Waals surface area contributed by atoms with Crippen LogP contribution < -0.4 is 5.32 Å². The molecule has 0 saturated carbocycles. The highest BCUT2D eigenvalue weighted by molar-refractivity contribution is 5.85. The molecule has 1 N–H and O–H groups in total. The van der Waals surface area contributed by atoms with Crippen LogP contribution in [0.15, 0.2) is 47.0 Å². The van der Waals surface area contributed by atoms with Gasteiger partial charge in [-0.3, -0.25) is 4.90 Å². The fourth-order valence-electron chi connectivity index (χ4n) is 3.24. The Morgan fingerprint density at radius 3 is 2.84 bits per heavy atom. The Hall–Kier alpha value is -1.95. The second-order valence-corrected chi connectivity index (χ2v) is 6.43. The van der Waals surface area contributed by atoms with Crippen molar-refractivity contribution in [1.29, 1.82) is 0 Å². The summed E-state index contributed by atoms with van der Waals surface area (Å²) in [5, 5.41) is 10.1. The van der Waals surface area contributed by atoms with Gasteiger partial charge in [-0.05, 0) is 29.8 Å². The molecule has 2 heterocycles. The summed E-state index contributed by atoms with van der Waals surface area (Å²) >= 11 is 0. The molecule has 0 amide bonds. The molecule has 1 saturated heterocycles. The van der Waals surface area contributed by atoms with Gasteiger partial charge in [0, 0.05) is 26.1 Å². The van der Waals surface area contributed by atoms with Crippen LogP contribution in [-0.4, -0.2) is 41.7 Å². The van der Waals surface area contributed by atoms with Crippen LogP contribution in [0.25, 0.3) is 10.8 Å². The molecule has 25 heavy (non-hydrogen) atoms. The van der Waals surface area contributed by atoms with Crippen molar-refractivity contribution in [2.24, 2.45) is 0 Å². The Morgan fingerprint density at radius 2 is 2.00 bits per heavy atom. The van der Waals surface area contributed by atoms with E-state index in [0.717, 1.165) is 44.2 Å². The molecule has 0 aliphatic carbocycles. The fraction of sp³-hybridized carbons (Fsp3) is 0.368. The van der Waals surface area contributed by atoms with E-state index in [1.807, 2.05) is 0 Å². The maximum Gasteiger partial charge on any atom is 0.227 e. The summed E-state index contributed by atoms with van der Waals surface area (Å²) in [6, 6.07) is 15.2. The third-order valence-electron chi connectivity index (χ3n) is 4.73. The topological polar surface area (TPSA) is 54.2 Å². The number of piperazine rings is 1. The highest BCUT2D eigenvalue weighted by Crippen LogP contribution is 2.19. The molecule has 132 valence electrons. The Morgan fingerprint density at radius 1 is 1.16 bits per heavy atom. The maximum absolute atomic E-state index is 5.46. The van der Waals surface area contributed by atoms with Crippen molar-refractivity contribution < 1.29 is 4.52 Å². The number of benzene rings is 2. The summed E-state index contributed by atoms with van der Waals surface area (Å²) in [4.78, 5) is 6.87. The number of fused-ring (bicyclic) bond motifs is 1. The first-order valence-electron chi connectivity index (χ1n) is 8.51. The molecular weight excluding hydrogens is 336 g/mol. The first kappa shape index (κ1) is 17.9. The third-order valence-corrected chi connectivity index (χ3v) is 4.73. The van der Waals surface area contributed by atoms with Gasteiger partial charge in [0.15, 0.2) is 5.82 Å². The van der Waals surface area contributed by atoms with E-state index >= 15 is 0 Å². The maximum atomic E-state index is 5.46. The van der Waals surface area contributed by atoms with E-state index < -0.39 is 0 Å². The Balaban J connectivity index is 0.00000182. The number of rotatable bonds is 4. The molecule has 5 nitrogen and oxygen atoms in total. The molecule has 4 rings (SSSR count). The van der Waals surface area contributed by atoms with Crippen molar-refractivity contribution in [2.45, 2.75) is 18.9 Å². The fourth-order valence-corrected chi connectivity index (χ4v) is 3.24. The van der Waals surface area contributed by atoms with Gasteiger partial charge >= 0.3 is 0 Å². The number of hydrogen-bond acceptors (Lipinski definition) is 5. The normalized spacial score (nSPS) is 18.2. The highest BCUT2D eigenvalue weighted by Gasteiger charge is 2.25. The summed E-state index contributed by atoms with van der Waals surface area (Å²) in [6.45, 7) is 2.89. The van der Waals surface area contributed by atoms with E-state index in [1.165, 1.54) is 16.3 Å². The van der Waals surface area contributed by atoms with E-state index in [0.29, 0.717) is 0 Å². The molecule has 1 atom stereocenters. The van der Waals surface area contributed by atoms with E-state index in [2.05, 4.69) is 69.9 Å². The summed E-state index contributed by atoms with van der Waals surface area (Å²) in [7, 11) is 2.11. The predicted octanol–water partition coefficient (Wildman–Crippen LogP) is 3.01. The van der Waals surface area contributed by atoms with Gasteiger partial charge in [-0.15, -0.1) is 12.4 Å². The SMILES string of the molecule is CN1CCNCC1c1noc(CCc2ccc3ccccc3c2)n1.Cl. The zero-order valence-electron chi connectivity index (χ0n) is 14.3. The van der Waals surface area contributed by atoms with Crippen molar-refractivity contribution >= 4 is 23.2 Å². The molecule has 0 spiro atoms. The molecule has 3 aromatic rings. The van der Waals surface area contributed by atoms with Crippen molar-refractivity contribution in [2.75, 3.05) is 26.7 Å². The average molecular weight is 359 g/mol. The van der Waals surface area contributed by atoms with E-state index in [1.54, 1.807) is 0 Å². The molecule has 1 aliphatic heterocycles. The molecule has 0 bridgehead atoms. The Bertz CT molecular complexity index is 835. The monoisotopic (exact) mass is 358 g/mol. The first-order valence-corrected chi connectivity index (χ1v) is 8.51. The van der Waals surface area contributed by atoms with E-state index in [4.69, 9.17) is 4.52 Å². The van der Waals surface area contributed by atoms with Gasteiger partial charge in [0.2, 0.25) is 5.89 Å². The minimum absolute atomic E-state index is 0. The summed E-state index contributed by atoms with van der Waals surface area (Å²) < 4.78 is 5.46. The average Bonchev–Trinajstić information content (AvgIpc) is 3.09. The number of likely N-dealkylation sites (N-methyl/N-ethyl adjacent to an activating group) is 1. The van der Waals surface area contributed by atoms with Crippen LogP contribution in [-0.2, 0) is 12.8 Å². The van der Waals surface area contributed by atoms with E-state index in [-0.39, 0.29) is 18.4 Å². The van der Waals surface area contributed by atoms with Crippen LogP contribution in [0.2, 0.25) is 0 Å². The van der Waals surface area contributed by atoms with Crippen LogP contribution in [0.4, 0.5) is 0 Å². The molecule has 1 unspecified atom stereocenters. The lowest BCUT2D eigenvalue weighted by Gasteiger charge is -2.30. The molecule has 0 radical (unpaired) electrons. The predicted molar refractivity (Wildman–Crippen MR) is 101 cm³/mol. The largest absolute Gasteiger partial charge is 0.339 e. The minimum Gasteiger partial charge on any atom is -0.339 e. The number of halogens is 1. The highest BCUT2D eigenvalue weighted by atomic mass is 35.5. The van der Waals surface area contributed by atoms with Crippen LogP contribution >= 0.6 is 12.4 Å². The zero-order valence-corrected chi connectivity index (χ0v) is 15.1. The van der Waals surface area contributed by atoms with Crippen molar-refractivity contribution in [3.8, 4) is 0 Å². The molecule has 1 fully saturated rings. The van der Waals surface area contributed by atoms with Crippen LogP contribution in [0.5, 0.6) is 0 Å². The molecule has 2 aromatic carbocycles. The lowest BCUT2D eigenvalue weighted by Crippen LogP contribution is -2.44. The zero-order chi connectivity index (χ0) is 16.4. The standard InChI is InChI=1S/C19H22N4O.ClH/c1-23-11-10-20-13-17(23)19-21-18(24-22-19)9-7-14-6-8-15-4-2-3-5-16(15)12-14;/h2-6,8,12,17,20H,7,9-11,13H2,1H3;1H. The van der Waals surface area contributed by atoms with Crippen molar-refractivity contribution in [3.63, 3.8) is 0 Å². The molecule has 6 heteroatoms. The number of nitrogens with one attached hydrogen (secondary N) is 1. The molecular formula is C19H23ClN4O. The van der Waals surface area contributed by atoms with Crippen molar-refractivity contribution in [1.82, 2.24) is 20.4 Å². The van der Waals surface area contributed by atoms with Gasteiger partial charge in [0.05, 0.1) is 6.04 Å². The molecule has 1 aromatic heterocycles. The van der Waals surface area contributed by atoms with Gasteiger partial charge in [-0.2, -0.15) is 4.98 Å². The van der Waals surface area contributed by atoms with Gasteiger partial charge in [0.1, 0.15) is 0 Å². The number of aryl methyl sites for hydroxylation is 2. The summed E-state index contributed by atoms with van der Waals surface area (Å²) in [6.07, 6.45) is 1.68. The van der Waals surface area contributed by atoms with Gasteiger partial charge in [0.25, 0.3) is 0 Å². The lowest BCUT2D eigenvalue weighted by molar-refractivity contribution is 0.190.